The molecule has 4 rings (SSSR count). The fourth-order valence-electron chi connectivity index (χ4n) is 3.43. The molecule has 2 heterocycles. The molecule has 3 aromatic rings. The zero-order chi connectivity index (χ0) is 19.7. The third kappa shape index (κ3) is 4.44. The van der Waals surface area contributed by atoms with Crippen LogP contribution in [0.25, 0.3) is 10.2 Å². The number of hydrogen-bond donors (Lipinski definition) is 2. The molecule has 5 nitrogen and oxygen atoms in total. The van der Waals surface area contributed by atoms with Gasteiger partial charge in [-0.25, -0.2) is 15.0 Å². The Balaban J connectivity index is 1.60. The van der Waals surface area contributed by atoms with Gasteiger partial charge in [0.25, 0.3) is 5.92 Å². The number of nitrogens with zero attached hydrogens (tertiary/aromatic N) is 3. The van der Waals surface area contributed by atoms with E-state index in [1.54, 1.807) is 11.3 Å². The molecule has 28 heavy (non-hydrogen) atoms. The van der Waals surface area contributed by atoms with Gasteiger partial charge in [0.2, 0.25) is 5.95 Å². The lowest BCUT2D eigenvalue weighted by atomic mass is 9.93. The molecule has 0 amide bonds. The first-order chi connectivity index (χ1) is 13.4. The summed E-state index contributed by atoms with van der Waals surface area (Å²) in [6.07, 6.45) is 3.03. The minimum atomic E-state index is -3.05. The van der Waals surface area contributed by atoms with Crippen LogP contribution in [0, 0.1) is 0 Å². The van der Waals surface area contributed by atoms with Gasteiger partial charge >= 0.3 is 0 Å². The van der Waals surface area contributed by atoms with E-state index < -0.39 is 5.92 Å². The normalized spacial score (nSPS) is 20.4. The first-order valence-corrected chi connectivity index (χ1v) is 10.2. The van der Waals surface area contributed by atoms with Gasteiger partial charge in [-0.3, -0.25) is 0 Å². The SMILES string of the molecule is CC(F)(F)c1cc(Cc2nc3ccccc3s2)nc(NC2CCC(O)CC2)n1. The largest absolute Gasteiger partial charge is 0.393 e. The van der Waals surface area contributed by atoms with Crippen LogP contribution in [0.5, 0.6) is 0 Å². The van der Waals surface area contributed by atoms with Gasteiger partial charge in [-0.15, -0.1) is 11.3 Å². The molecule has 1 saturated carbocycles. The van der Waals surface area contributed by atoms with Crippen molar-refractivity contribution in [2.45, 2.75) is 57.1 Å². The maximum Gasteiger partial charge on any atom is 0.287 e. The number of hydrogen-bond acceptors (Lipinski definition) is 6. The van der Waals surface area contributed by atoms with Gasteiger partial charge in [-0.2, -0.15) is 8.78 Å². The molecule has 1 aromatic carbocycles. The number of nitrogens with one attached hydrogen (secondary N) is 1. The van der Waals surface area contributed by atoms with Crippen LogP contribution in [-0.2, 0) is 12.3 Å². The van der Waals surface area contributed by atoms with Crippen LogP contribution in [0.1, 0.15) is 49.0 Å². The van der Waals surface area contributed by atoms with Crippen molar-refractivity contribution in [3.8, 4) is 0 Å². The lowest BCUT2D eigenvalue weighted by molar-refractivity contribution is 0.0126. The quantitative estimate of drug-likeness (QED) is 0.655. The Labute approximate surface area is 165 Å². The zero-order valence-corrected chi connectivity index (χ0v) is 16.3. The van der Waals surface area contributed by atoms with Crippen molar-refractivity contribution < 1.29 is 13.9 Å². The van der Waals surface area contributed by atoms with Crippen LogP contribution in [-0.4, -0.2) is 32.2 Å². The highest BCUT2D eigenvalue weighted by Crippen LogP contribution is 2.29. The maximum atomic E-state index is 14.0. The number of aliphatic hydroxyl groups excluding tert-OH is 1. The lowest BCUT2D eigenvalue weighted by Crippen LogP contribution is -2.29. The lowest BCUT2D eigenvalue weighted by Gasteiger charge is -2.26. The molecule has 0 saturated heterocycles. The Morgan fingerprint density at radius 2 is 1.89 bits per heavy atom. The third-order valence-electron chi connectivity index (χ3n) is 4.93. The summed E-state index contributed by atoms with van der Waals surface area (Å²) in [6, 6.07) is 9.25. The predicted molar refractivity (Wildman–Crippen MR) is 106 cm³/mol. The van der Waals surface area contributed by atoms with Crippen molar-refractivity contribution in [1.82, 2.24) is 15.0 Å². The monoisotopic (exact) mass is 404 g/mol. The molecule has 0 atom stereocenters. The minimum Gasteiger partial charge on any atom is -0.393 e. The van der Waals surface area contributed by atoms with E-state index in [0.29, 0.717) is 25.0 Å². The molecular formula is C20H22F2N4OS. The number of benzene rings is 1. The van der Waals surface area contributed by atoms with Crippen LogP contribution in [0.2, 0.25) is 0 Å². The summed E-state index contributed by atoms with van der Waals surface area (Å²) < 4.78 is 29.0. The van der Waals surface area contributed by atoms with Crippen LogP contribution in [0.4, 0.5) is 14.7 Å². The molecule has 8 heteroatoms. The number of thiazole rings is 1. The van der Waals surface area contributed by atoms with Crippen LogP contribution < -0.4 is 5.32 Å². The molecule has 0 radical (unpaired) electrons. The summed E-state index contributed by atoms with van der Waals surface area (Å²) in [7, 11) is 0. The highest BCUT2D eigenvalue weighted by Gasteiger charge is 2.28. The van der Waals surface area contributed by atoms with Crippen LogP contribution in [0.15, 0.2) is 30.3 Å². The molecule has 2 aromatic heterocycles. The second kappa shape index (κ2) is 7.67. The van der Waals surface area contributed by atoms with E-state index >= 15 is 0 Å². The number of fused-ring (bicyclic) bond motifs is 1. The molecule has 0 unspecified atom stereocenters. The average Bonchev–Trinajstić information content (AvgIpc) is 3.05. The van der Waals surface area contributed by atoms with E-state index in [2.05, 4.69) is 20.3 Å². The Morgan fingerprint density at radius 1 is 1.14 bits per heavy atom. The average molecular weight is 404 g/mol. The number of alkyl halides is 2. The minimum absolute atomic E-state index is 0.0828. The fourth-order valence-corrected chi connectivity index (χ4v) is 4.41. The Bertz CT molecular complexity index is 931. The molecule has 1 aliphatic carbocycles. The van der Waals surface area contributed by atoms with Gasteiger partial charge in [0.1, 0.15) is 5.69 Å². The molecule has 148 valence electrons. The third-order valence-corrected chi connectivity index (χ3v) is 5.97. The van der Waals surface area contributed by atoms with Gasteiger partial charge in [0.05, 0.1) is 27.0 Å². The number of aliphatic hydroxyl groups is 1. The molecular weight excluding hydrogens is 382 g/mol. The maximum absolute atomic E-state index is 14.0. The Kier molecular flexibility index (Phi) is 5.25. The number of para-hydroxylation sites is 1. The summed E-state index contributed by atoms with van der Waals surface area (Å²) in [4.78, 5) is 13.1. The fraction of sp³-hybridized carbons (Fsp3) is 0.450. The Morgan fingerprint density at radius 3 is 2.61 bits per heavy atom. The number of anilines is 1. The van der Waals surface area contributed by atoms with Crippen molar-refractivity contribution in [2.75, 3.05) is 5.32 Å². The second-order valence-electron chi connectivity index (χ2n) is 7.36. The van der Waals surface area contributed by atoms with E-state index in [9.17, 15) is 13.9 Å². The van der Waals surface area contributed by atoms with Gasteiger partial charge in [0, 0.05) is 19.4 Å². The molecule has 0 bridgehead atoms. The van der Waals surface area contributed by atoms with Gasteiger partial charge < -0.3 is 10.4 Å². The number of rotatable bonds is 5. The standard InChI is InChI=1S/C20H22F2N4OS/c1-20(21,22)17-10-13(11-18-25-15-4-2-3-5-16(15)28-18)24-19(26-17)23-12-6-8-14(27)9-7-12/h2-5,10,12,14,27H,6-9,11H2,1H3,(H,23,24,26). The van der Waals surface area contributed by atoms with E-state index in [-0.39, 0.29) is 23.8 Å². The molecule has 0 spiro atoms. The van der Waals surface area contributed by atoms with E-state index in [1.165, 1.54) is 6.07 Å². The summed E-state index contributed by atoms with van der Waals surface area (Å²) in [5.74, 6) is -2.83. The van der Waals surface area contributed by atoms with Crippen LogP contribution in [0.3, 0.4) is 0 Å². The van der Waals surface area contributed by atoms with Crippen LogP contribution >= 0.6 is 11.3 Å². The highest BCUT2D eigenvalue weighted by atomic mass is 32.1. The van der Waals surface area contributed by atoms with Crippen molar-refractivity contribution in [3.63, 3.8) is 0 Å². The molecule has 0 aliphatic heterocycles. The first kappa shape index (κ1) is 19.1. The summed E-state index contributed by atoms with van der Waals surface area (Å²) in [5, 5.41) is 13.7. The van der Waals surface area contributed by atoms with Crippen molar-refractivity contribution in [3.05, 3.63) is 46.7 Å². The van der Waals surface area contributed by atoms with Crippen molar-refractivity contribution in [2.24, 2.45) is 0 Å². The van der Waals surface area contributed by atoms with E-state index in [0.717, 1.165) is 35.0 Å². The number of halogens is 2. The van der Waals surface area contributed by atoms with Gasteiger partial charge in [0.15, 0.2) is 0 Å². The predicted octanol–water partition coefficient (Wildman–Crippen LogP) is 4.50. The van der Waals surface area contributed by atoms with E-state index in [1.807, 2.05) is 24.3 Å². The van der Waals surface area contributed by atoms with E-state index in [4.69, 9.17) is 0 Å². The number of aromatic nitrogens is 3. The summed E-state index contributed by atoms with van der Waals surface area (Å²) in [5.41, 5.74) is 1.12. The smallest absolute Gasteiger partial charge is 0.287 e. The Hall–Kier alpha value is -2.19. The molecule has 2 N–H and O–H groups in total. The highest BCUT2D eigenvalue weighted by molar-refractivity contribution is 7.18. The van der Waals surface area contributed by atoms with Crippen molar-refractivity contribution >= 4 is 27.5 Å². The van der Waals surface area contributed by atoms with Crippen molar-refractivity contribution in [1.29, 1.82) is 0 Å². The topological polar surface area (TPSA) is 70.9 Å². The molecule has 1 aliphatic rings. The van der Waals surface area contributed by atoms with Gasteiger partial charge in [-0.1, -0.05) is 12.1 Å². The first-order valence-electron chi connectivity index (χ1n) is 9.42. The second-order valence-corrected chi connectivity index (χ2v) is 8.47. The molecule has 1 fully saturated rings. The summed E-state index contributed by atoms with van der Waals surface area (Å²) >= 11 is 1.54. The van der Waals surface area contributed by atoms with Gasteiger partial charge in [-0.05, 0) is 43.9 Å². The zero-order valence-electron chi connectivity index (χ0n) is 15.5. The summed E-state index contributed by atoms with van der Waals surface area (Å²) in [6.45, 7) is 0.845.